The van der Waals surface area contributed by atoms with E-state index in [-0.39, 0.29) is 12.5 Å². The molecule has 98 valence electrons. The Hall–Kier alpha value is -0.610. The van der Waals surface area contributed by atoms with E-state index in [1.165, 1.54) is 38.5 Å². The molecule has 4 heteroatoms. The molecule has 17 heavy (non-hydrogen) atoms. The van der Waals surface area contributed by atoms with Crippen LogP contribution < -0.4 is 5.32 Å². The molecule has 0 bridgehead atoms. The van der Waals surface area contributed by atoms with Crippen molar-refractivity contribution < 1.29 is 9.90 Å². The lowest BCUT2D eigenvalue weighted by Gasteiger charge is -2.27. The Morgan fingerprint density at radius 3 is 2.53 bits per heavy atom. The molecular weight excluding hydrogens is 216 g/mol. The highest BCUT2D eigenvalue weighted by molar-refractivity contribution is 5.78. The van der Waals surface area contributed by atoms with Gasteiger partial charge in [-0.3, -0.25) is 9.69 Å². The Morgan fingerprint density at radius 1 is 1.24 bits per heavy atom. The minimum Gasteiger partial charge on any atom is -0.395 e. The summed E-state index contributed by atoms with van der Waals surface area (Å²) in [4.78, 5) is 13.9. The molecule has 0 radical (unpaired) electrons. The number of hydrogen-bond donors (Lipinski definition) is 2. The fourth-order valence-electron chi connectivity index (χ4n) is 2.61. The minimum absolute atomic E-state index is 0.122. The zero-order valence-corrected chi connectivity index (χ0v) is 10.5. The van der Waals surface area contributed by atoms with Crippen LogP contribution in [0.4, 0.5) is 0 Å². The molecule has 0 saturated heterocycles. The summed E-state index contributed by atoms with van der Waals surface area (Å²) in [5.74, 6) is 0.856. The zero-order valence-electron chi connectivity index (χ0n) is 10.5. The highest BCUT2D eigenvalue weighted by Crippen LogP contribution is 2.27. The predicted molar refractivity (Wildman–Crippen MR) is 66.6 cm³/mol. The van der Waals surface area contributed by atoms with Crippen molar-refractivity contribution in [2.24, 2.45) is 5.92 Å². The minimum atomic E-state index is 0.122. The van der Waals surface area contributed by atoms with E-state index in [1.807, 2.05) is 0 Å². The third kappa shape index (κ3) is 4.28. The van der Waals surface area contributed by atoms with Gasteiger partial charge < -0.3 is 10.4 Å². The first-order valence-corrected chi connectivity index (χ1v) is 6.91. The third-order valence-electron chi connectivity index (χ3n) is 3.86. The molecule has 0 aromatic carbocycles. The molecule has 2 saturated carbocycles. The van der Waals surface area contributed by atoms with E-state index in [0.717, 1.165) is 12.5 Å². The summed E-state index contributed by atoms with van der Waals surface area (Å²) in [5, 5.41) is 12.1. The largest absolute Gasteiger partial charge is 0.395 e. The lowest BCUT2D eigenvalue weighted by molar-refractivity contribution is -0.123. The van der Waals surface area contributed by atoms with Crippen molar-refractivity contribution >= 4 is 5.91 Å². The molecule has 4 nitrogen and oxygen atoms in total. The zero-order chi connectivity index (χ0) is 12.1. The predicted octanol–water partition coefficient (Wildman–Crippen LogP) is 0.749. The van der Waals surface area contributed by atoms with Gasteiger partial charge in [-0.15, -0.1) is 0 Å². The highest BCUT2D eigenvalue weighted by atomic mass is 16.3. The normalized spacial score (nSPS) is 21.1. The van der Waals surface area contributed by atoms with Crippen LogP contribution in [0.25, 0.3) is 0 Å². The smallest absolute Gasteiger partial charge is 0.234 e. The quantitative estimate of drug-likeness (QED) is 0.690. The monoisotopic (exact) mass is 240 g/mol. The van der Waals surface area contributed by atoms with E-state index < -0.39 is 0 Å². The molecule has 0 aromatic heterocycles. The van der Waals surface area contributed by atoms with Gasteiger partial charge >= 0.3 is 0 Å². The summed E-state index contributed by atoms with van der Waals surface area (Å²) in [6.07, 6.45) is 7.41. The van der Waals surface area contributed by atoms with Crippen molar-refractivity contribution in [3.63, 3.8) is 0 Å². The van der Waals surface area contributed by atoms with Gasteiger partial charge in [-0.2, -0.15) is 0 Å². The summed E-state index contributed by atoms with van der Waals surface area (Å²) in [6.45, 7) is 2.07. The van der Waals surface area contributed by atoms with Crippen LogP contribution in [0, 0.1) is 5.92 Å². The molecule has 0 spiro atoms. The Labute approximate surface area is 103 Å². The van der Waals surface area contributed by atoms with Crippen LogP contribution in [-0.4, -0.2) is 48.2 Å². The van der Waals surface area contributed by atoms with Crippen LogP contribution in [-0.2, 0) is 4.79 Å². The molecule has 2 rings (SSSR count). The summed E-state index contributed by atoms with van der Waals surface area (Å²) < 4.78 is 0. The molecule has 2 N–H and O–H groups in total. The second-order valence-corrected chi connectivity index (χ2v) is 5.38. The van der Waals surface area contributed by atoms with Crippen molar-refractivity contribution in [1.29, 1.82) is 0 Å². The molecule has 1 amide bonds. The van der Waals surface area contributed by atoms with Gasteiger partial charge in [-0.05, 0) is 31.6 Å². The lowest BCUT2D eigenvalue weighted by atomic mass is 10.2. The van der Waals surface area contributed by atoms with Crippen LogP contribution in [0.2, 0.25) is 0 Å². The molecular formula is C13H24N2O2. The first-order chi connectivity index (χ1) is 8.29. The maximum atomic E-state index is 11.8. The molecule has 0 atom stereocenters. The second kappa shape index (κ2) is 6.36. The first-order valence-electron chi connectivity index (χ1n) is 6.91. The molecule has 2 aliphatic carbocycles. The topological polar surface area (TPSA) is 52.6 Å². The average molecular weight is 240 g/mol. The second-order valence-electron chi connectivity index (χ2n) is 5.38. The number of aliphatic hydroxyl groups is 1. The summed E-state index contributed by atoms with van der Waals surface area (Å²) in [6, 6.07) is 0.508. The van der Waals surface area contributed by atoms with Gasteiger partial charge in [0.25, 0.3) is 0 Å². The maximum absolute atomic E-state index is 11.8. The third-order valence-corrected chi connectivity index (χ3v) is 3.86. The van der Waals surface area contributed by atoms with Gasteiger partial charge in [-0.25, -0.2) is 0 Å². The summed E-state index contributed by atoms with van der Waals surface area (Å²) >= 11 is 0. The number of nitrogens with one attached hydrogen (secondary N) is 1. The van der Waals surface area contributed by atoms with Gasteiger partial charge in [0, 0.05) is 19.1 Å². The van der Waals surface area contributed by atoms with Gasteiger partial charge in [0.05, 0.1) is 13.2 Å². The standard InChI is InChI=1S/C13H24N2O2/c16-8-7-15(12-3-1-2-4-12)10-13(17)14-9-11-5-6-11/h11-12,16H,1-10H2,(H,14,17). The van der Waals surface area contributed by atoms with Crippen LogP contribution >= 0.6 is 0 Å². The van der Waals surface area contributed by atoms with Crippen LogP contribution in [0.15, 0.2) is 0 Å². The van der Waals surface area contributed by atoms with Crippen molar-refractivity contribution in [1.82, 2.24) is 10.2 Å². The van der Waals surface area contributed by atoms with Gasteiger partial charge in [0.15, 0.2) is 0 Å². The van der Waals surface area contributed by atoms with E-state index in [2.05, 4.69) is 10.2 Å². The van der Waals surface area contributed by atoms with Crippen molar-refractivity contribution in [2.75, 3.05) is 26.2 Å². The number of amides is 1. The van der Waals surface area contributed by atoms with Crippen molar-refractivity contribution in [2.45, 2.75) is 44.6 Å². The van der Waals surface area contributed by atoms with Gasteiger partial charge in [-0.1, -0.05) is 12.8 Å². The van der Waals surface area contributed by atoms with E-state index in [9.17, 15) is 4.79 Å². The van der Waals surface area contributed by atoms with Crippen molar-refractivity contribution in [3.05, 3.63) is 0 Å². The summed E-state index contributed by atoms with van der Waals surface area (Å²) in [7, 11) is 0. The van der Waals surface area contributed by atoms with Crippen LogP contribution in [0.5, 0.6) is 0 Å². The van der Waals surface area contributed by atoms with E-state index in [1.54, 1.807) is 0 Å². The highest BCUT2D eigenvalue weighted by Gasteiger charge is 2.25. The number of carbonyl (C=O) groups is 1. The molecule has 0 heterocycles. The van der Waals surface area contributed by atoms with E-state index in [4.69, 9.17) is 5.11 Å². The maximum Gasteiger partial charge on any atom is 0.234 e. The Balaban J connectivity index is 1.72. The number of hydrogen-bond acceptors (Lipinski definition) is 3. The fourth-order valence-corrected chi connectivity index (χ4v) is 2.61. The molecule has 0 aromatic rings. The Bertz CT molecular complexity index is 248. The van der Waals surface area contributed by atoms with E-state index in [0.29, 0.717) is 19.1 Å². The Kier molecular flexibility index (Phi) is 4.80. The van der Waals surface area contributed by atoms with Gasteiger partial charge in [0.1, 0.15) is 0 Å². The number of rotatable bonds is 7. The molecule has 2 fully saturated rings. The lowest BCUT2D eigenvalue weighted by Crippen LogP contribution is -2.43. The van der Waals surface area contributed by atoms with Gasteiger partial charge in [0.2, 0.25) is 5.91 Å². The van der Waals surface area contributed by atoms with Crippen LogP contribution in [0.1, 0.15) is 38.5 Å². The molecule has 2 aliphatic rings. The van der Waals surface area contributed by atoms with Crippen LogP contribution in [0.3, 0.4) is 0 Å². The fraction of sp³-hybridized carbons (Fsp3) is 0.923. The van der Waals surface area contributed by atoms with Crippen molar-refractivity contribution in [3.8, 4) is 0 Å². The molecule has 0 aliphatic heterocycles. The number of nitrogens with zero attached hydrogens (tertiary/aromatic N) is 1. The first kappa shape index (κ1) is 12.8. The Morgan fingerprint density at radius 2 is 1.94 bits per heavy atom. The molecule has 0 unspecified atom stereocenters. The number of carbonyl (C=O) groups excluding carboxylic acids is 1. The SMILES string of the molecule is O=C(CN(CCO)C1CCCC1)NCC1CC1. The van der Waals surface area contributed by atoms with E-state index >= 15 is 0 Å². The number of aliphatic hydroxyl groups excluding tert-OH is 1. The summed E-state index contributed by atoms with van der Waals surface area (Å²) in [5.41, 5.74) is 0. The average Bonchev–Trinajstić information content (AvgIpc) is 2.99.